The van der Waals surface area contributed by atoms with Gasteiger partial charge in [0.25, 0.3) is 0 Å². The first-order valence-electron chi connectivity index (χ1n) is 4.32. The number of aromatic nitrogens is 1. The predicted octanol–water partition coefficient (Wildman–Crippen LogP) is 1.57. The lowest BCUT2D eigenvalue weighted by Gasteiger charge is -2.17. The normalized spacial score (nSPS) is 15.1. The molecule has 0 bridgehead atoms. The van der Waals surface area contributed by atoms with Crippen molar-refractivity contribution in [2.75, 3.05) is 7.11 Å². The fourth-order valence-corrected chi connectivity index (χ4v) is 1.18. The van der Waals surface area contributed by atoms with Crippen LogP contribution in [0.15, 0.2) is 18.5 Å². The molecule has 3 nitrogen and oxygen atoms in total. The van der Waals surface area contributed by atoms with Crippen LogP contribution in [-0.2, 0) is 0 Å². The van der Waals surface area contributed by atoms with Crippen LogP contribution >= 0.6 is 0 Å². The van der Waals surface area contributed by atoms with Gasteiger partial charge in [0.2, 0.25) is 0 Å². The molecule has 2 unspecified atom stereocenters. The summed E-state index contributed by atoms with van der Waals surface area (Å²) in [6, 6.07) is 1.80. The van der Waals surface area contributed by atoms with Gasteiger partial charge in [-0.1, -0.05) is 6.92 Å². The zero-order chi connectivity index (χ0) is 9.84. The van der Waals surface area contributed by atoms with Crippen LogP contribution < -0.4 is 4.74 Å². The Kier molecular flexibility index (Phi) is 3.25. The average molecular weight is 181 g/mol. The fourth-order valence-electron chi connectivity index (χ4n) is 1.18. The number of nitrogens with zero attached hydrogens (tertiary/aromatic N) is 1. The molecule has 0 saturated carbocycles. The van der Waals surface area contributed by atoms with Crippen molar-refractivity contribution < 1.29 is 9.84 Å². The SMILES string of the molecule is COc1ccncc1C(C)C(C)O. The van der Waals surface area contributed by atoms with E-state index in [1.165, 1.54) is 0 Å². The maximum absolute atomic E-state index is 9.41. The largest absolute Gasteiger partial charge is 0.496 e. The van der Waals surface area contributed by atoms with Crippen LogP contribution in [0.4, 0.5) is 0 Å². The summed E-state index contributed by atoms with van der Waals surface area (Å²) in [4.78, 5) is 4.01. The molecule has 72 valence electrons. The Morgan fingerprint density at radius 1 is 1.46 bits per heavy atom. The molecule has 0 aliphatic heterocycles. The highest BCUT2D eigenvalue weighted by atomic mass is 16.5. The number of ether oxygens (including phenoxy) is 1. The predicted molar refractivity (Wildman–Crippen MR) is 50.9 cm³/mol. The molecule has 0 spiro atoms. The van der Waals surface area contributed by atoms with Crippen molar-refractivity contribution in [1.82, 2.24) is 4.98 Å². The van der Waals surface area contributed by atoms with Crippen molar-refractivity contribution >= 4 is 0 Å². The first-order chi connectivity index (χ1) is 6.16. The number of hydrogen-bond acceptors (Lipinski definition) is 3. The molecule has 1 aromatic heterocycles. The fraction of sp³-hybridized carbons (Fsp3) is 0.500. The Morgan fingerprint density at radius 2 is 2.15 bits per heavy atom. The Morgan fingerprint density at radius 3 is 2.69 bits per heavy atom. The maximum atomic E-state index is 9.41. The summed E-state index contributed by atoms with van der Waals surface area (Å²) in [6.07, 6.45) is 3.02. The Bertz CT molecular complexity index is 273. The van der Waals surface area contributed by atoms with Crippen LogP contribution in [0.3, 0.4) is 0 Å². The summed E-state index contributed by atoms with van der Waals surface area (Å²) in [5.74, 6) is 0.826. The van der Waals surface area contributed by atoms with Gasteiger partial charge in [-0.2, -0.15) is 0 Å². The molecule has 1 aromatic rings. The molecule has 3 heteroatoms. The lowest BCUT2D eigenvalue weighted by molar-refractivity contribution is 0.167. The van der Waals surface area contributed by atoms with Crippen molar-refractivity contribution in [3.05, 3.63) is 24.0 Å². The topological polar surface area (TPSA) is 42.4 Å². The van der Waals surface area contributed by atoms with Crippen molar-refractivity contribution in [3.8, 4) is 5.75 Å². The lowest BCUT2D eigenvalue weighted by Crippen LogP contribution is -2.12. The van der Waals surface area contributed by atoms with E-state index in [0.717, 1.165) is 11.3 Å². The van der Waals surface area contributed by atoms with Gasteiger partial charge in [-0.25, -0.2) is 0 Å². The molecule has 2 atom stereocenters. The smallest absolute Gasteiger partial charge is 0.125 e. The summed E-state index contributed by atoms with van der Waals surface area (Å²) >= 11 is 0. The number of pyridine rings is 1. The third-order valence-electron chi connectivity index (χ3n) is 2.24. The second-order valence-electron chi connectivity index (χ2n) is 3.15. The standard InChI is InChI=1S/C10H15NO2/c1-7(8(2)12)9-6-11-5-4-10(9)13-3/h4-8,12H,1-3H3. The molecule has 0 aliphatic rings. The zero-order valence-electron chi connectivity index (χ0n) is 8.19. The minimum Gasteiger partial charge on any atom is -0.496 e. The summed E-state index contributed by atoms with van der Waals surface area (Å²) in [5, 5.41) is 9.41. The molecule has 13 heavy (non-hydrogen) atoms. The monoisotopic (exact) mass is 181 g/mol. The number of rotatable bonds is 3. The van der Waals surface area contributed by atoms with Crippen molar-refractivity contribution in [3.63, 3.8) is 0 Å². The lowest BCUT2D eigenvalue weighted by atomic mass is 9.97. The Labute approximate surface area is 78.4 Å². The van der Waals surface area contributed by atoms with Crippen LogP contribution in [0.25, 0.3) is 0 Å². The van der Waals surface area contributed by atoms with Gasteiger partial charge in [0.05, 0.1) is 13.2 Å². The highest BCUT2D eigenvalue weighted by molar-refractivity contribution is 5.33. The van der Waals surface area contributed by atoms with E-state index < -0.39 is 6.10 Å². The molecule has 0 aliphatic carbocycles. The first kappa shape index (κ1) is 9.99. The van der Waals surface area contributed by atoms with Crippen molar-refractivity contribution in [2.24, 2.45) is 0 Å². The maximum Gasteiger partial charge on any atom is 0.125 e. The van der Waals surface area contributed by atoms with Crippen LogP contribution in [0, 0.1) is 0 Å². The molecule has 0 amide bonds. The van der Waals surface area contributed by atoms with Gasteiger partial charge in [0, 0.05) is 23.9 Å². The minimum absolute atomic E-state index is 0.0450. The van der Waals surface area contributed by atoms with Gasteiger partial charge in [-0.05, 0) is 13.0 Å². The highest BCUT2D eigenvalue weighted by Crippen LogP contribution is 2.27. The van der Waals surface area contributed by atoms with Gasteiger partial charge >= 0.3 is 0 Å². The number of aliphatic hydroxyl groups excluding tert-OH is 1. The van der Waals surface area contributed by atoms with E-state index in [1.54, 1.807) is 32.5 Å². The van der Waals surface area contributed by atoms with Crippen LogP contribution in [-0.4, -0.2) is 23.3 Å². The highest BCUT2D eigenvalue weighted by Gasteiger charge is 2.15. The summed E-state index contributed by atoms with van der Waals surface area (Å²) in [6.45, 7) is 3.71. The Hall–Kier alpha value is -1.09. The first-order valence-corrected chi connectivity index (χ1v) is 4.32. The molecule has 1 heterocycles. The van der Waals surface area contributed by atoms with Crippen LogP contribution in [0.2, 0.25) is 0 Å². The van der Waals surface area contributed by atoms with Crippen molar-refractivity contribution in [1.29, 1.82) is 0 Å². The number of aliphatic hydroxyl groups is 1. The third kappa shape index (κ3) is 2.18. The van der Waals surface area contributed by atoms with Crippen LogP contribution in [0.5, 0.6) is 5.75 Å². The van der Waals surface area contributed by atoms with Gasteiger partial charge < -0.3 is 9.84 Å². The molecule has 0 aromatic carbocycles. The second-order valence-corrected chi connectivity index (χ2v) is 3.15. The number of methoxy groups -OCH3 is 1. The van der Waals surface area contributed by atoms with Gasteiger partial charge in [0.1, 0.15) is 5.75 Å². The quantitative estimate of drug-likeness (QED) is 0.769. The molecule has 1 rings (SSSR count). The molecule has 1 N–H and O–H groups in total. The zero-order valence-corrected chi connectivity index (χ0v) is 8.19. The summed E-state index contributed by atoms with van der Waals surface area (Å²) in [7, 11) is 1.62. The average Bonchev–Trinajstić information content (AvgIpc) is 2.16. The second kappa shape index (κ2) is 4.23. The molecule has 0 fully saturated rings. The van der Waals surface area contributed by atoms with E-state index in [4.69, 9.17) is 4.74 Å². The van der Waals surface area contributed by atoms with E-state index in [1.807, 2.05) is 6.92 Å². The number of hydrogen-bond donors (Lipinski definition) is 1. The van der Waals surface area contributed by atoms with E-state index in [2.05, 4.69) is 4.98 Å². The molecule has 0 radical (unpaired) electrons. The third-order valence-corrected chi connectivity index (χ3v) is 2.24. The van der Waals surface area contributed by atoms with Gasteiger partial charge in [-0.15, -0.1) is 0 Å². The van der Waals surface area contributed by atoms with E-state index in [-0.39, 0.29) is 5.92 Å². The summed E-state index contributed by atoms with van der Waals surface area (Å²) in [5.41, 5.74) is 0.944. The van der Waals surface area contributed by atoms with Gasteiger partial charge in [-0.3, -0.25) is 4.98 Å². The Balaban J connectivity index is 2.98. The molecular weight excluding hydrogens is 166 g/mol. The minimum atomic E-state index is -0.391. The van der Waals surface area contributed by atoms with E-state index in [0.29, 0.717) is 0 Å². The van der Waals surface area contributed by atoms with E-state index >= 15 is 0 Å². The van der Waals surface area contributed by atoms with Gasteiger partial charge in [0.15, 0.2) is 0 Å². The summed E-state index contributed by atoms with van der Waals surface area (Å²) < 4.78 is 5.17. The molecule has 0 saturated heterocycles. The van der Waals surface area contributed by atoms with Crippen molar-refractivity contribution in [2.45, 2.75) is 25.9 Å². The van der Waals surface area contributed by atoms with Crippen LogP contribution in [0.1, 0.15) is 25.3 Å². The van der Waals surface area contributed by atoms with E-state index in [9.17, 15) is 5.11 Å². The molecular formula is C10H15NO2.